The lowest BCUT2D eigenvalue weighted by Crippen LogP contribution is -2.41. The Bertz CT molecular complexity index is 863. The number of imide groups is 1. The first-order chi connectivity index (χ1) is 11.8. The van der Waals surface area contributed by atoms with Gasteiger partial charge in [-0.25, -0.2) is 4.79 Å². The maximum absolute atomic E-state index is 12.8. The third-order valence-corrected chi connectivity index (χ3v) is 4.85. The number of Topliss-reactive ketones (excluding diaryl/α,β-unsaturated/α-hetero) is 1. The molecule has 0 spiro atoms. The van der Waals surface area contributed by atoms with Crippen molar-refractivity contribution in [1.29, 1.82) is 0 Å². The van der Waals surface area contributed by atoms with E-state index in [1.54, 1.807) is 31.2 Å². The van der Waals surface area contributed by atoms with E-state index in [0.29, 0.717) is 11.1 Å². The molecule has 0 aliphatic carbocycles. The summed E-state index contributed by atoms with van der Waals surface area (Å²) >= 11 is 3.31. The van der Waals surface area contributed by atoms with Crippen molar-refractivity contribution < 1.29 is 14.4 Å². The number of urea groups is 1. The molecule has 2 aromatic rings. The number of aryl methyl sites for hydroxylation is 1. The van der Waals surface area contributed by atoms with Gasteiger partial charge in [0.1, 0.15) is 5.54 Å². The van der Waals surface area contributed by atoms with Crippen molar-refractivity contribution in [2.75, 3.05) is 6.54 Å². The molecule has 2 aromatic carbocycles. The van der Waals surface area contributed by atoms with Gasteiger partial charge in [-0.3, -0.25) is 14.5 Å². The van der Waals surface area contributed by atoms with Gasteiger partial charge < -0.3 is 5.32 Å². The highest BCUT2D eigenvalue weighted by Gasteiger charge is 2.49. The molecule has 1 saturated heterocycles. The largest absolute Gasteiger partial charge is 0.325 e. The summed E-state index contributed by atoms with van der Waals surface area (Å²) in [7, 11) is 0. The molecular weight excluding hydrogens is 384 g/mol. The van der Waals surface area contributed by atoms with Crippen molar-refractivity contribution in [3.05, 3.63) is 69.7 Å². The highest BCUT2D eigenvalue weighted by atomic mass is 79.9. The van der Waals surface area contributed by atoms with Crippen molar-refractivity contribution >= 4 is 33.7 Å². The molecule has 3 rings (SSSR count). The van der Waals surface area contributed by atoms with Crippen LogP contribution in [-0.2, 0) is 10.3 Å². The van der Waals surface area contributed by atoms with Gasteiger partial charge in [0.05, 0.1) is 6.54 Å². The van der Waals surface area contributed by atoms with E-state index in [1.165, 1.54) is 0 Å². The van der Waals surface area contributed by atoms with Crippen LogP contribution in [0.3, 0.4) is 0 Å². The lowest BCUT2D eigenvalue weighted by Gasteiger charge is -2.22. The van der Waals surface area contributed by atoms with E-state index >= 15 is 0 Å². The van der Waals surface area contributed by atoms with E-state index in [4.69, 9.17) is 0 Å². The lowest BCUT2D eigenvalue weighted by molar-refractivity contribution is -0.130. The number of amides is 3. The second-order valence-corrected chi connectivity index (χ2v) is 7.16. The highest BCUT2D eigenvalue weighted by molar-refractivity contribution is 9.10. The van der Waals surface area contributed by atoms with Crippen LogP contribution in [0.15, 0.2) is 53.0 Å². The third-order valence-electron chi connectivity index (χ3n) is 4.35. The first kappa shape index (κ1) is 17.4. The van der Waals surface area contributed by atoms with Crippen molar-refractivity contribution in [2.24, 2.45) is 0 Å². The second kappa shape index (κ2) is 6.44. The van der Waals surface area contributed by atoms with Gasteiger partial charge in [-0.15, -0.1) is 0 Å². The average Bonchev–Trinajstić information content (AvgIpc) is 2.79. The molecule has 6 heteroatoms. The zero-order chi connectivity index (χ0) is 18.2. The minimum atomic E-state index is -1.16. The summed E-state index contributed by atoms with van der Waals surface area (Å²) in [6, 6.07) is 13.7. The fourth-order valence-electron chi connectivity index (χ4n) is 2.82. The van der Waals surface area contributed by atoms with Gasteiger partial charge in [0.2, 0.25) is 0 Å². The van der Waals surface area contributed by atoms with Crippen LogP contribution >= 0.6 is 15.9 Å². The zero-order valence-electron chi connectivity index (χ0n) is 13.9. The molecule has 1 atom stereocenters. The number of hydrogen-bond acceptors (Lipinski definition) is 3. The Labute approximate surface area is 154 Å². The average molecular weight is 401 g/mol. The van der Waals surface area contributed by atoms with Crippen LogP contribution in [0.2, 0.25) is 0 Å². The van der Waals surface area contributed by atoms with Crippen LogP contribution in [-0.4, -0.2) is 29.2 Å². The Morgan fingerprint density at radius 2 is 1.84 bits per heavy atom. The zero-order valence-corrected chi connectivity index (χ0v) is 15.5. The summed E-state index contributed by atoms with van der Waals surface area (Å²) in [6.07, 6.45) is 0. The summed E-state index contributed by atoms with van der Waals surface area (Å²) in [5.74, 6) is -0.720. The number of benzene rings is 2. The third kappa shape index (κ3) is 3.22. The van der Waals surface area contributed by atoms with Crippen molar-refractivity contribution in [2.45, 2.75) is 19.4 Å². The van der Waals surface area contributed by atoms with Crippen LogP contribution in [0.5, 0.6) is 0 Å². The highest BCUT2D eigenvalue weighted by Crippen LogP contribution is 2.29. The Morgan fingerprint density at radius 1 is 1.16 bits per heavy atom. The fraction of sp³-hybridized carbons (Fsp3) is 0.211. The number of hydrogen-bond donors (Lipinski definition) is 1. The number of carbonyl (C=O) groups excluding carboxylic acids is 3. The van der Waals surface area contributed by atoms with Gasteiger partial charge in [0.15, 0.2) is 5.78 Å². The molecule has 1 fully saturated rings. The quantitative estimate of drug-likeness (QED) is 0.631. The summed E-state index contributed by atoms with van der Waals surface area (Å²) in [6.45, 7) is 3.31. The summed E-state index contributed by atoms with van der Waals surface area (Å²) < 4.78 is 0.764. The van der Waals surface area contributed by atoms with E-state index in [2.05, 4.69) is 21.2 Å². The topological polar surface area (TPSA) is 66.5 Å². The number of ketones is 1. The smallest absolute Gasteiger partial charge is 0.319 e. The Balaban J connectivity index is 1.84. The Hall–Kier alpha value is -2.47. The molecule has 0 unspecified atom stereocenters. The molecule has 0 saturated carbocycles. The van der Waals surface area contributed by atoms with Gasteiger partial charge in [0.25, 0.3) is 5.91 Å². The molecule has 128 valence electrons. The second-order valence-electron chi connectivity index (χ2n) is 6.25. The predicted octanol–water partition coefficient (Wildman–Crippen LogP) is 3.41. The molecule has 3 amide bonds. The SMILES string of the molecule is Cc1ccc([C@]2(C)NC(=O)N(CC(=O)c3cccc(Br)c3)C2=O)cc1. The van der Waals surface area contributed by atoms with E-state index in [1.807, 2.05) is 31.2 Å². The Morgan fingerprint density at radius 3 is 2.48 bits per heavy atom. The molecule has 1 aliphatic heterocycles. The van der Waals surface area contributed by atoms with Crippen LogP contribution < -0.4 is 5.32 Å². The number of nitrogens with zero attached hydrogens (tertiary/aromatic N) is 1. The van der Waals surface area contributed by atoms with Gasteiger partial charge in [-0.1, -0.05) is 57.9 Å². The molecule has 0 radical (unpaired) electrons. The van der Waals surface area contributed by atoms with E-state index in [9.17, 15) is 14.4 Å². The van der Waals surface area contributed by atoms with Crippen molar-refractivity contribution in [3.8, 4) is 0 Å². The molecule has 25 heavy (non-hydrogen) atoms. The number of carbonyl (C=O) groups is 3. The van der Waals surface area contributed by atoms with Crippen molar-refractivity contribution in [3.63, 3.8) is 0 Å². The summed E-state index contributed by atoms with van der Waals surface area (Å²) in [4.78, 5) is 38.6. The van der Waals surface area contributed by atoms with Gasteiger partial charge in [-0.05, 0) is 31.5 Å². The molecular formula is C19H17BrN2O3. The number of halogens is 1. The van der Waals surface area contributed by atoms with Gasteiger partial charge >= 0.3 is 6.03 Å². The fourth-order valence-corrected chi connectivity index (χ4v) is 3.22. The number of rotatable bonds is 4. The maximum Gasteiger partial charge on any atom is 0.325 e. The molecule has 1 heterocycles. The summed E-state index contributed by atoms with van der Waals surface area (Å²) in [5.41, 5.74) is 1.03. The van der Waals surface area contributed by atoms with E-state index in [0.717, 1.165) is 14.9 Å². The van der Waals surface area contributed by atoms with E-state index in [-0.39, 0.29) is 12.3 Å². The van der Waals surface area contributed by atoms with E-state index < -0.39 is 17.5 Å². The Kier molecular flexibility index (Phi) is 4.47. The minimum Gasteiger partial charge on any atom is -0.319 e. The normalized spacial score (nSPS) is 19.9. The minimum absolute atomic E-state index is 0.289. The maximum atomic E-state index is 12.8. The van der Waals surface area contributed by atoms with Crippen LogP contribution in [0.25, 0.3) is 0 Å². The number of nitrogens with one attached hydrogen (secondary N) is 1. The first-order valence-electron chi connectivity index (χ1n) is 7.81. The standard InChI is InChI=1S/C19H17BrN2O3/c1-12-6-8-14(9-7-12)19(2)17(24)22(18(25)21-19)11-16(23)13-4-3-5-15(20)10-13/h3-10H,11H2,1-2H3,(H,21,25)/t19-/m0/s1. The van der Waals surface area contributed by atoms with Crippen molar-refractivity contribution in [1.82, 2.24) is 10.2 Å². The van der Waals surface area contributed by atoms with Gasteiger partial charge in [0, 0.05) is 10.0 Å². The first-order valence-corrected chi connectivity index (χ1v) is 8.60. The molecule has 1 N–H and O–H groups in total. The molecule has 0 aromatic heterocycles. The lowest BCUT2D eigenvalue weighted by atomic mass is 9.91. The van der Waals surface area contributed by atoms with Crippen LogP contribution in [0, 0.1) is 6.92 Å². The molecule has 5 nitrogen and oxygen atoms in total. The molecule has 1 aliphatic rings. The van der Waals surface area contributed by atoms with Gasteiger partial charge in [-0.2, -0.15) is 0 Å². The van der Waals surface area contributed by atoms with Crippen LogP contribution in [0.1, 0.15) is 28.4 Å². The predicted molar refractivity (Wildman–Crippen MR) is 97.2 cm³/mol. The monoisotopic (exact) mass is 400 g/mol. The van der Waals surface area contributed by atoms with Crippen LogP contribution in [0.4, 0.5) is 4.79 Å². The molecule has 0 bridgehead atoms. The summed E-state index contributed by atoms with van der Waals surface area (Å²) in [5, 5.41) is 2.71.